The second-order valence-corrected chi connectivity index (χ2v) is 5.27. The Balaban J connectivity index is 1.65. The molecular formula is C16H16ClN3O3. The van der Waals surface area contributed by atoms with E-state index in [2.05, 4.69) is 10.3 Å². The number of methoxy groups -OCH3 is 1. The Morgan fingerprint density at radius 1 is 1.26 bits per heavy atom. The lowest BCUT2D eigenvalue weighted by molar-refractivity contribution is 0.174. The highest BCUT2D eigenvalue weighted by Crippen LogP contribution is 2.32. The molecule has 2 aromatic carbocycles. The SMILES string of the molecule is COc1ccc(NC(N)=NCc2ccc3c(c2)OCO3)cc1Cl. The Hall–Kier alpha value is -2.60. The maximum Gasteiger partial charge on any atom is 0.231 e. The first-order valence-electron chi connectivity index (χ1n) is 6.95. The minimum absolute atomic E-state index is 0.254. The van der Waals surface area contributed by atoms with Gasteiger partial charge in [0.15, 0.2) is 17.5 Å². The number of guanidine groups is 1. The van der Waals surface area contributed by atoms with Gasteiger partial charge in [-0.1, -0.05) is 17.7 Å². The van der Waals surface area contributed by atoms with E-state index in [0.717, 1.165) is 22.7 Å². The summed E-state index contributed by atoms with van der Waals surface area (Å²) in [5.41, 5.74) is 7.61. The van der Waals surface area contributed by atoms with Gasteiger partial charge in [0.2, 0.25) is 6.79 Å². The van der Waals surface area contributed by atoms with Gasteiger partial charge in [0.25, 0.3) is 0 Å². The summed E-state index contributed by atoms with van der Waals surface area (Å²) in [6, 6.07) is 11.0. The van der Waals surface area contributed by atoms with Crippen molar-refractivity contribution in [3.05, 3.63) is 47.0 Å². The van der Waals surface area contributed by atoms with Crippen LogP contribution in [0.5, 0.6) is 17.2 Å². The third-order valence-electron chi connectivity index (χ3n) is 3.29. The van der Waals surface area contributed by atoms with Crippen LogP contribution in [0.2, 0.25) is 5.02 Å². The molecule has 6 nitrogen and oxygen atoms in total. The molecule has 0 bridgehead atoms. The van der Waals surface area contributed by atoms with Crippen molar-refractivity contribution in [3.8, 4) is 17.2 Å². The molecule has 3 N–H and O–H groups in total. The third kappa shape index (κ3) is 3.60. The quantitative estimate of drug-likeness (QED) is 0.664. The molecule has 0 fully saturated rings. The first-order chi connectivity index (χ1) is 11.2. The lowest BCUT2D eigenvalue weighted by Crippen LogP contribution is -2.22. The highest BCUT2D eigenvalue weighted by atomic mass is 35.5. The molecule has 0 spiro atoms. The minimum Gasteiger partial charge on any atom is -0.495 e. The van der Waals surface area contributed by atoms with Gasteiger partial charge in [-0.15, -0.1) is 0 Å². The molecule has 1 aliphatic heterocycles. The van der Waals surface area contributed by atoms with Crippen LogP contribution in [0.15, 0.2) is 41.4 Å². The van der Waals surface area contributed by atoms with Crippen molar-refractivity contribution in [1.29, 1.82) is 0 Å². The number of ether oxygens (including phenoxy) is 3. The zero-order valence-corrected chi connectivity index (χ0v) is 13.3. The van der Waals surface area contributed by atoms with Crippen LogP contribution in [0.1, 0.15) is 5.56 Å². The number of nitrogens with zero attached hydrogens (tertiary/aromatic N) is 1. The molecule has 0 saturated carbocycles. The zero-order valence-electron chi connectivity index (χ0n) is 12.5. The Labute approximate surface area is 138 Å². The number of nitrogens with one attached hydrogen (secondary N) is 1. The molecule has 120 valence electrons. The van der Waals surface area contributed by atoms with E-state index in [1.54, 1.807) is 19.2 Å². The van der Waals surface area contributed by atoms with Crippen LogP contribution in [-0.2, 0) is 6.54 Å². The summed E-state index contributed by atoms with van der Waals surface area (Å²) < 4.78 is 15.7. The molecule has 0 aliphatic carbocycles. The zero-order chi connectivity index (χ0) is 16.2. The average Bonchev–Trinajstić information content (AvgIpc) is 3.01. The average molecular weight is 334 g/mol. The lowest BCUT2D eigenvalue weighted by Gasteiger charge is -2.08. The summed E-state index contributed by atoms with van der Waals surface area (Å²) in [5.74, 6) is 2.37. The fourth-order valence-electron chi connectivity index (χ4n) is 2.15. The molecule has 0 atom stereocenters. The summed E-state index contributed by atoms with van der Waals surface area (Å²) in [6.07, 6.45) is 0. The van der Waals surface area contributed by atoms with Crippen molar-refractivity contribution in [3.63, 3.8) is 0 Å². The normalized spacial score (nSPS) is 13.0. The fraction of sp³-hybridized carbons (Fsp3) is 0.188. The maximum absolute atomic E-state index is 6.07. The number of nitrogens with two attached hydrogens (primary N) is 1. The molecule has 23 heavy (non-hydrogen) atoms. The van der Waals surface area contributed by atoms with E-state index in [1.165, 1.54) is 0 Å². The Morgan fingerprint density at radius 2 is 2.09 bits per heavy atom. The first kappa shape index (κ1) is 15.3. The number of hydrogen-bond donors (Lipinski definition) is 2. The molecule has 0 unspecified atom stereocenters. The summed E-state index contributed by atoms with van der Waals surface area (Å²) in [5, 5.41) is 3.49. The lowest BCUT2D eigenvalue weighted by atomic mass is 10.2. The second kappa shape index (κ2) is 6.66. The molecule has 1 aliphatic rings. The third-order valence-corrected chi connectivity index (χ3v) is 3.59. The molecule has 0 aromatic heterocycles. The van der Waals surface area contributed by atoms with E-state index in [4.69, 9.17) is 31.5 Å². The Bertz CT molecular complexity index is 749. The van der Waals surface area contributed by atoms with Crippen LogP contribution in [-0.4, -0.2) is 19.9 Å². The highest BCUT2D eigenvalue weighted by molar-refractivity contribution is 6.32. The predicted molar refractivity (Wildman–Crippen MR) is 89.5 cm³/mol. The van der Waals surface area contributed by atoms with E-state index in [9.17, 15) is 0 Å². The van der Waals surface area contributed by atoms with Gasteiger partial charge in [0, 0.05) is 5.69 Å². The number of benzene rings is 2. The van der Waals surface area contributed by atoms with Crippen molar-refractivity contribution in [1.82, 2.24) is 0 Å². The molecule has 0 amide bonds. The molecule has 2 aromatic rings. The summed E-state index contributed by atoms with van der Waals surface area (Å²) in [6.45, 7) is 0.684. The van der Waals surface area contributed by atoms with Gasteiger partial charge in [-0.3, -0.25) is 0 Å². The van der Waals surface area contributed by atoms with Crippen LogP contribution in [0.3, 0.4) is 0 Å². The Morgan fingerprint density at radius 3 is 2.87 bits per heavy atom. The second-order valence-electron chi connectivity index (χ2n) is 4.86. The van der Waals surface area contributed by atoms with E-state index in [-0.39, 0.29) is 6.79 Å². The van der Waals surface area contributed by atoms with Gasteiger partial charge in [-0.2, -0.15) is 0 Å². The smallest absolute Gasteiger partial charge is 0.231 e. The topological polar surface area (TPSA) is 78.1 Å². The van der Waals surface area contributed by atoms with Crippen molar-refractivity contribution in [2.45, 2.75) is 6.54 Å². The van der Waals surface area contributed by atoms with Crippen LogP contribution in [0.4, 0.5) is 5.69 Å². The Kier molecular flexibility index (Phi) is 4.43. The minimum atomic E-state index is 0.254. The largest absolute Gasteiger partial charge is 0.495 e. The monoisotopic (exact) mass is 333 g/mol. The van der Waals surface area contributed by atoms with Gasteiger partial charge >= 0.3 is 0 Å². The van der Waals surface area contributed by atoms with Crippen LogP contribution < -0.4 is 25.3 Å². The molecular weight excluding hydrogens is 318 g/mol. The summed E-state index contributed by atoms with van der Waals surface area (Å²) >= 11 is 6.07. The van der Waals surface area contributed by atoms with E-state index < -0.39 is 0 Å². The number of aliphatic imine (C=N–C) groups is 1. The first-order valence-corrected chi connectivity index (χ1v) is 7.32. The van der Waals surface area contributed by atoms with Gasteiger partial charge in [-0.25, -0.2) is 4.99 Å². The van der Waals surface area contributed by atoms with Gasteiger partial charge in [0.05, 0.1) is 18.7 Å². The van der Waals surface area contributed by atoms with Crippen molar-refractivity contribution < 1.29 is 14.2 Å². The van der Waals surface area contributed by atoms with Crippen molar-refractivity contribution in [2.75, 3.05) is 19.2 Å². The van der Waals surface area contributed by atoms with Gasteiger partial charge in [-0.05, 0) is 35.9 Å². The molecule has 7 heteroatoms. The van der Waals surface area contributed by atoms with E-state index >= 15 is 0 Å². The predicted octanol–water partition coefficient (Wildman–Crippen LogP) is 3.00. The highest BCUT2D eigenvalue weighted by Gasteiger charge is 2.12. The fourth-order valence-corrected chi connectivity index (χ4v) is 2.41. The number of halogens is 1. The number of hydrogen-bond acceptors (Lipinski definition) is 4. The summed E-state index contributed by atoms with van der Waals surface area (Å²) in [4.78, 5) is 4.30. The number of anilines is 1. The molecule has 0 saturated heterocycles. The van der Waals surface area contributed by atoms with Crippen molar-refractivity contribution >= 4 is 23.2 Å². The number of fused-ring (bicyclic) bond motifs is 1. The van der Waals surface area contributed by atoms with Crippen molar-refractivity contribution in [2.24, 2.45) is 10.7 Å². The van der Waals surface area contributed by atoms with Crippen LogP contribution in [0.25, 0.3) is 0 Å². The van der Waals surface area contributed by atoms with E-state index in [1.807, 2.05) is 24.3 Å². The van der Waals surface area contributed by atoms with Crippen LogP contribution >= 0.6 is 11.6 Å². The standard InChI is InChI=1S/C16H16ClN3O3/c1-21-13-5-3-11(7-12(13)17)20-16(18)19-8-10-2-4-14-15(6-10)23-9-22-14/h2-7H,8-9H2,1H3,(H3,18,19,20). The summed E-state index contributed by atoms with van der Waals surface area (Å²) in [7, 11) is 1.56. The molecule has 3 rings (SSSR count). The van der Waals surface area contributed by atoms with E-state index in [0.29, 0.717) is 23.3 Å². The van der Waals surface area contributed by atoms with Gasteiger partial charge in [0.1, 0.15) is 5.75 Å². The number of rotatable bonds is 4. The maximum atomic E-state index is 6.07. The molecule has 0 radical (unpaired) electrons. The van der Waals surface area contributed by atoms with Gasteiger partial charge < -0.3 is 25.3 Å². The van der Waals surface area contributed by atoms with Crippen LogP contribution in [0, 0.1) is 0 Å². The molecule has 1 heterocycles.